The summed E-state index contributed by atoms with van der Waals surface area (Å²) < 4.78 is 1.90. The minimum absolute atomic E-state index is 0.132. The molecule has 0 spiro atoms. The van der Waals surface area contributed by atoms with E-state index in [-0.39, 0.29) is 5.91 Å². The van der Waals surface area contributed by atoms with Crippen LogP contribution in [0.2, 0.25) is 5.02 Å². The fourth-order valence-electron chi connectivity index (χ4n) is 3.61. The van der Waals surface area contributed by atoms with Gasteiger partial charge < -0.3 is 5.32 Å². The third kappa shape index (κ3) is 3.12. The fraction of sp³-hybridized carbons (Fsp3) is 0.143. The largest absolute Gasteiger partial charge is 0.302 e. The van der Waals surface area contributed by atoms with Gasteiger partial charge in [0.05, 0.1) is 32.7 Å². The second-order valence-electron chi connectivity index (χ2n) is 6.76. The lowest BCUT2D eigenvalue weighted by Crippen LogP contribution is -2.07. The molecule has 0 saturated heterocycles. The van der Waals surface area contributed by atoms with Crippen molar-refractivity contribution in [2.24, 2.45) is 0 Å². The zero-order valence-corrected chi connectivity index (χ0v) is 17.1. The van der Waals surface area contributed by atoms with E-state index in [0.29, 0.717) is 10.2 Å². The molecule has 0 unspecified atom stereocenters. The zero-order valence-electron chi connectivity index (χ0n) is 15.5. The molecule has 29 heavy (non-hydrogen) atoms. The number of para-hydroxylation sites is 1. The molecule has 6 nitrogen and oxygen atoms in total. The van der Waals surface area contributed by atoms with Gasteiger partial charge in [0.15, 0.2) is 5.13 Å². The molecule has 1 aromatic carbocycles. The summed E-state index contributed by atoms with van der Waals surface area (Å²) in [6.07, 6.45) is 5.17. The first-order chi connectivity index (χ1) is 14.1. The minimum Gasteiger partial charge on any atom is -0.302 e. The molecule has 0 radical (unpaired) electrons. The summed E-state index contributed by atoms with van der Waals surface area (Å²) in [4.78, 5) is 21.4. The molecule has 8 heteroatoms. The summed E-state index contributed by atoms with van der Waals surface area (Å²) in [6, 6.07) is 11.6. The van der Waals surface area contributed by atoms with Crippen LogP contribution < -0.4 is 5.32 Å². The van der Waals surface area contributed by atoms with E-state index < -0.39 is 0 Å². The van der Waals surface area contributed by atoms with Crippen LogP contribution in [0.5, 0.6) is 0 Å². The number of pyridine rings is 1. The maximum Gasteiger partial charge on any atom is 0.223 e. The minimum atomic E-state index is -0.132. The van der Waals surface area contributed by atoms with Crippen LogP contribution in [-0.2, 0) is 17.6 Å². The van der Waals surface area contributed by atoms with Crippen LogP contribution in [0, 0.1) is 0 Å². The molecular formula is C21H16ClN5OS. The number of amides is 1. The Hall–Kier alpha value is -3.03. The van der Waals surface area contributed by atoms with Crippen molar-refractivity contribution in [2.75, 3.05) is 5.32 Å². The molecule has 1 aliphatic carbocycles. The van der Waals surface area contributed by atoms with E-state index in [2.05, 4.69) is 15.3 Å². The standard InChI is InChI=1S/C21H16ClN5OS/c1-12(28)24-21-25-16-9-8-14-18(13-5-4-10-23-11-13)26-27(19(14)20(16)29-21)17-7-3-2-6-15(17)22/h2-7,10-11H,8-9H2,1H3,(H,24,25,28). The quantitative estimate of drug-likeness (QED) is 0.517. The highest BCUT2D eigenvalue weighted by atomic mass is 35.5. The monoisotopic (exact) mass is 421 g/mol. The summed E-state index contributed by atoms with van der Waals surface area (Å²) in [5, 5.41) is 8.97. The Balaban J connectivity index is 1.77. The predicted molar refractivity (Wildman–Crippen MR) is 115 cm³/mol. The summed E-state index contributed by atoms with van der Waals surface area (Å²) in [5.41, 5.74) is 5.76. The lowest BCUT2D eigenvalue weighted by Gasteiger charge is -2.14. The van der Waals surface area contributed by atoms with Crippen molar-refractivity contribution in [3.63, 3.8) is 0 Å². The van der Waals surface area contributed by atoms with Crippen LogP contribution >= 0.6 is 22.9 Å². The summed E-state index contributed by atoms with van der Waals surface area (Å²) >= 11 is 7.98. The van der Waals surface area contributed by atoms with Gasteiger partial charge in [0.2, 0.25) is 5.91 Å². The zero-order chi connectivity index (χ0) is 20.0. The Labute approximate surface area is 176 Å². The number of rotatable bonds is 3. The lowest BCUT2D eigenvalue weighted by molar-refractivity contribution is -0.114. The van der Waals surface area contributed by atoms with Crippen LogP contribution in [0.3, 0.4) is 0 Å². The van der Waals surface area contributed by atoms with Crippen molar-refractivity contribution in [3.8, 4) is 27.5 Å². The summed E-state index contributed by atoms with van der Waals surface area (Å²) in [6.45, 7) is 1.49. The molecule has 5 rings (SSSR count). The van der Waals surface area contributed by atoms with E-state index >= 15 is 0 Å². The van der Waals surface area contributed by atoms with Crippen LogP contribution in [-0.4, -0.2) is 25.7 Å². The van der Waals surface area contributed by atoms with Gasteiger partial charge in [-0.25, -0.2) is 9.67 Å². The molecule has 0 bridgehead atoms. The highest BCUT2D eigenvalue weighted by molar-refractivity contribution is 7.19. The summed E-state index contributed by atoms with van der Waals surface area (Å²) in [7, 11) is 0. The maximum atomic E-state index is 11.5. The number of anilines is 1. The molecule has 0 aliphatic heterocycles. The van der Waals surface area contributed by atoms with Crippen molar-refractivity contribution in [3.05, 3.63) is 65.1 Å². The van der Waals surface area contributed by atoms with Gasteiger partial charge in [0.1, 0.15) is 0 Å². The first kappa shape index (κ1) is 18.0. The Morgan fingerprint density at radius 3 is 2.83 bits per heavy atom. The number of fused-ring (bicyclic) bond motifs is 3. The number of aromatic nitrogens is 4. The third-order valence-corrected chi connectivity index (χ3v) is 6.15. The van der Waals surface area contributed by atoms with Crippen molar-refractivity contribution in [1.82, 2.24) is 19.7 Å². The van der Waals surface area contributed by atoms with Gasteiger partial charge in [-0.05, 0) is 37.1 Å². The number of nitrogens with zero attached hydrogens (tertiary/aromatic N) is 4. The number of carbonyl (C=O) groups excluding carboxylic acids is 1. The number of aryl methyl sites for hydroxylation is 1. The molecule has 0 saturated carbocycles. The molecule has 3 aromatic heterocycles. The average molecular weight is 422 g/mol. The highest BCUT2D eigenvalue weighted by Gasteiger charge is 2.30. The molecule has 1 N–H and O–H groups in total. The molecule has 3 heterocycles. The molecular weight excluding hydrogens is 406 g/mol. The number of halogens is 1. The number of thiazole rings is 1. The number of nitrogens with one attached hydrogen (secondary N) is 1. The number of carbonyl (C=O) groups is 1. The van der Waals surface area contributed by atoms with Crippen LogP contribution in [0.4, 0.5) is 5.13 Å². The van der Waals surface area contributed by atoms with E-state index in [1.165, 1.54) is 18.3 Å². The average Bonchev–Trinajstić information content (AvgIpc) is 3.29. The molecule has 0 fully saturated rings. The van der Waals surface area contributed by atoms with Gasteiger partial charge in [-0.3, -0.25) is 9.78 Å². The van der Waals surface area contributed by atoms with E-state index in [4.69, 9.17) is 16.7 Å². The highest BCUT2D eigenvalue weighted by Crippen LogP contribution is 2.44. The van der Waals surface area contributed by atoms with Crippen LogP contribution in [0.25, 0.3) is 27.5 Å². The molecule has 1 amide bonds. The molecule has 1 aliphatic rings. The second-order valence-corrected chi connectivity index (χ2v) is 8.16. The van der Waals surface area contributed by atoms with Crippen molar-refractivity contribution < 1.29 is 4.79 Å². The normalized spacial score (nSPS) is 12.3. The Morgan fingerprint density at radius 2 is 2.07 bits per heavy atom. The van der Waals surface area contributed by atoms with Crippen molar-refractivity contribution in [1.29, 1.82) is 0 Å². The fourth-order valence-corrected chi connectivity index (χ4v) is 4.94. The van der Waals surface area contributed by atoms with E-state index in [1.54, 1.807) is 6.20 Å². The smallest absolute Gasteiger partial charge is 0.223 e. The molecule has 4 aromatic rings. The van der Waals surface area contributed by atoms with Crippen molar-refractivity contribution in [2.45, 2.75) is 19.8 Å². The van der Waals surface area contributed by atoms with Crippen LogP contribution in [0.1, 0.15) is 18.2 Å². The van der Waals surface area contributed by atoms with Gasteiger partial charge in [0.25, 0.3) is 0 Å². The van der Waals surface area contributed by atoms with E-state index in [1.807, 2.05) is 47.3 Å². The van der Waals surface area contributed by atoms with Gasteiger partial charge in [-0.2, -0.15) is 5.10 Å². The van der Waals surface area contributed by atoms with Gasteiger partial charge >= 0.3 is 0 Å². The van der Waals surface area contributed by atoms with E-state index in [0.717, 1.165) is 51.6 Å². The predicted octanol–water partition coefficient (Wildman–Crippen LogP) is 4.77. The van der Waals surface area contributed by atoms with Gasteiger partial charge in [-0.15, -0.1) is 0 Å². The maximum absolute atomic E-state index is 11.5. The topological polar surface area (TPSA) is 72.7 Å². The first-order valence-electron chi connectivity index (χ1n) is 9.16. The number of benzene rings is 1. The lowest BCUT2D eigenvalue weighted by atomic mass is 9.95. The Morgan fingerprint density at radius 1 is 1.21 bits per heavy atom. The van der Waals surface area contributed by atoms with Crippen molar-refractivity contribution >= 4 is 34.0 Å². The van der Waals surface area contributed by atoms with E-state index in [9.17, 15) is 4.79 Å². The summed E-state index contributed by atoms with van der Waals surface area (Å²) in [5.74, 6) is -0.132. The number of hydrogen-bond donors (Lipinski definition) is 1. The number of hydrogen-bond acceptors (Lipinski definition) is 5. The molecule has 0 atom stereocenters. The Bertz CT molecular complexity index is 1230. The first-order valence-corrected chi connectivity index (χ1v) is 10.4. The molecule has 144 valence electrons. The Kier molecular flexibility index (Phi) is 4.41. The van der Waals surface area contributed by atoms with Crippen LogP contribution in [0.15, 0.2) is 48.8 Å². The second kappa shape index (κ2) is 7.09. The third-order valence-electron chi connectivity index (χ3n) is 4.81. The van der Waals surface area contributed by atoms with Gasteiger partial charge in [0, 0.05) is 30.4 Å². The SMILES string of the molecule is CC(=O)Nc1nc2c(s1)-c1c(c(-c3cccnc3)nn1-c1ccccc1Cl)CC2. The van der Waals surface area contributed by atoms with Gasteiger partial charge in [-0.1, -0.05) is 35.1 Å².